The number of nitrogens with one attached hydrogen (secondary N) is 1. The third kappa shape index (κ3) is 15.9. The molecule has 0 aliphatic rings. The van der Waals surface area contributed by atoms with Gasteiger partial charge in [-0.05, 0) is 12.8 Å². The number of nitrogens with zero attached hydrogens (tertiary/aromatic N) is 1. The molecule has 2 heteroatoms. The zero-order valence-electron chi connectivity index (χ0n) is 22.4. The van der Waals surface area contributed by atoms with Gasteiger partial charge in [0.25, 0.3) is 5.82 Å². The summed E-state index contributed by atoms with van der Waals surface area (Å²) in [4.78, 5) is 3.54. The van der Waals surface area contributed by atoms with Crippen LogP contribution in [0.25, 0.3) is 0 Å². The van der Waals surface area contributed by atoms with Gasteiger partial charge in [-0.2, -0.15) is 0 Å². The molecule has 0 spiro atoms. The van der Waals surface area contributed by atoms with Crippen LogP contribution in [0, 0.1) is 0 Å². The molecule has 0 radical (unpaired) electrons. The number of unbranched alkanes of at least 4 members (excludes halogenated alkanes) is 19. The Hall–Kier alpha value is -0.790. The van der Waals surface area contributed by atoms with Gasteiger partial charge in [0.1, 0.15) is 12.4 Å². The highest BCUT2D eigenvalue weighted by Gasteiger charge is 2.20. The van der Waals surface area contributed by atoms with Crippen molar-refractivity contribution in [1.29, 1.82) is 0 Å². The van der Waals surface area contributed by atoms with Crippen molar-refractivity contribution in [3.8, 4) is 0 Å². The topological polar surface area (TPSA) is 19.7 Å². The second-order valence-corrected chi connectivity index (χ2v) is 10.4. The minimum Gasteiger partial charge on any atom is -0.247 e. The van der Waals surface area contributed by atoms with Crippen LogP contribution in [0.5, 0.6) is 0 Å². The van der Waals surface area contributed by atoms with E-state index in [1.54, 1.807) is 0 Å². The molecule has 32 heavy (non-hydrogen) atoms. The van der Waals surface area contributed by atoms with Gasteiger partial charge in [0.15, 0.2) is 0 Å². The summed E-state index contributed by atoms with van der Waals surface area (Å²) in [5.41, 5.74) is 0. The predicted octanol–water partition coefficient (Wildman–Crippen LogP) is 9.93. The van der Waals surface area contributed by atoms with Crippen LogP contribution in [-0.2, 0) is 7.05 Å². The molecule has 1 rings (SSSR count). The molecule has 0 aliphatic carbocycles. The molecule has 1 heterocycles. The lowest BCUT2D eigenvalue weighted by molar-refractivity contribution is -0.679. The molecule has 0 aliphatic heterocycles. The SMILES string of the molecule is CCCCCCCCCCCCCCCC[C@H](CCCCCCCCC)c1[nH]cc[n+]1C. The molecule has 2 nitrogen and oxygen atoms in total. The molecule has 0 bridgehead atoms. The van der Waals surface area contributed by atoms with Crippen LogP contribution in [-0.4, -0.2) is 4.98 Å². The number of imidazole rings is 1. The summed E-state index contributed by atoms with van der Waals surface area (Å²) >= 11 is 0. The highest BCUT2D eigenvalue weighted by atomic mass is 15.0. The monoisotopic (exact) mass is 447 g/mol. The van der Waals surface area contributed by atoms with E-state index in [9.17, 15) is 0 Å². The maximum Gasteiger partial charge on any atom is 0.257 e. The maximum absolute atomic E-state index is 3.54. The molecule has 1 aromatic heterocycles. The van der Waals surface area contributed by atoms with Crippen molar-refractivity contribution in [1.82, 2.24) is 4.98 Å². The molecule has 0 unspecified atom stereocenters. The number of hydrogen-bond acceptors (Lipinski definition) is 0. The van der Waals surface area contributed by atoms with Crippen LogP contribution in [0.3, 0.4) is 0 Å². The normalized spacial score (nSPS) is 12.5. The van der Waals surface area contributed by atoms with Gasteiger partial charge >= 0.3 is 0 Å². The second-order valence-electron chi connectivity index (χ2n) is 10.4. The van der Waals surface area contributed by atoms with Crippen molar-refractivity contribution in [2.24, 2.45) is 7.05 Å². The van der Waals surface area contributed by atoms with E-state index in [-0.39, 0.29) is 0 Å². The molecule has 188 valence electrons. The summed E-state index contributed by atoms with van der Waals surface area (Å²) in [6.45, 7) is 4.61. The minimum atomic E-state index is 0.725. The fourth-order valence-electron chi connectivity index (χ4n) is 5.17. The van der Waals surface area contributed by atoms with Crippen LogP contribution in [0.4, 0.5) is 0 Å². The predicted molar refractivity (Wildman–Crippen MR) is 142 cm³/mol. The fraction of sp³-hybridized carbons (Fsp3) is 0.900. The lowest BCUT2D eigenvalue weighted by Crippen LogP contribution is -2.32. The number of rotatable bonds is 24. The molecule has 0 fully saturated rings. The van der Waals surface area contributed by atoms with Crippen molar-refractivity contribution < 1.29 is 4.57 Å². The summed E-state index contributed by atoms with van der Waals surface area (Å²) in [5.74, 6) is 2.17. The molecule has 1 N–H and O–H groups in total. The lowest BCUT2D eigenvalue weighted by Gasteiger charge is -2.13. The van der Waals surface area contributed by atoms with Crippen molar-refractivity contribution in [3.63, 3.8) is 0 Å². The molecular weight excluding hydrogens is 388 g/mol. The third-order valence-corrected chi connectivity index (χ3v) is 7.36. The summed E-state index contributed by atoms with van der Waals surface area (Å²) in [6.07, 6.45) is 37.2. The highest BCUT2D eigenvalue weighted by molar-refractivity contribution is 4.89. The molecule has 0 saturated heterocycles. The van der Waals surface area contributed by atoms with Gasteiger partial charge in [-0.15, -0.1) is 0 Å². The van der Waals surface area contributed by atoms with Gasteiger partial charge in [0.2, 0.25) is 0 Å². The lowest BCUT2D eigenvalue weighted by atomic mass is 9.93. The van der Waals surface area contributed by atoms with Crippen LogP contribution >= 0.6 is 0 Å². The van der Waals surface area contributed by atoms with E-state index in [0.717, 1.165) is 5.92 Å². The first-order chi connectivity index (χ1) is 15.8. The largest absolute Gasteiger partial charge is 0.257 e. The number of aromatic amines is 1. The van der Waals surface area contributed by atoms with Gasteiger partial charge in [-0.1, -0.05) is 149 Å². The molecule has 0 saturated carbocycles. The van der Waals surface area contributed by atoms with Gasteiger partial charge in [-0.25, -0.2) is 9.55 Å². The molecule has 1 aromatic rings. The third-order valence-electron chi connectivity index (χ3n) is 7.36. The summed E-state index contributed by atoms with van der Waals surface area (Å²) in [7, 11) is 2.20. The Morgan fingerprint density at radius 1 is 0.562 bits per heavy atom. The zero-order valence-corrected chi connectivity index (χ0v) is 22.4. The second kappa shape index (κ2) is 22.0. The maximum atomic E-state index is 3.54. The van der Waals surface area contributed by atoms with Crippen LogP contribution < -0.4 is 4.57 Å². The zero-order chi connectivity index (χ0) is 23.1. The minimum absolute atomic E-state index is 0.725. The number of hydrogen-bond donors (Lipinski definition) is 1. The molecule has 0 amide bonds. The van der Waals surface area contributed by atoms with E-state index < -0.39 is 0 Å². The first kappa shape index (κ1) is 29.2. The van der Waals surface area contributed by atoms with E-state index in [1.807, 2.05) is 0 Å². The average molecular weight is 448 g/mol. The quantitative estimate of drug-likeness (QED) is 0.120. The molecular formula is C30H59N2+. The molecule has 1 atom stereocenters. The standard InChI is InChI=1S/C30H58N2/c1-4-6-8-10-12-13-14-15-16-17-18-20-22-24-26-29(30-31-27-28-32(30)3)25-23-21-19-11-9-7-5-2/h27-29H,4-26H2,1-3H3/p+1/t29-/m0/s1. The number of aromatic nitrogens is 2. The van der Waals surface area contributed by atoms with E-state index in [4.69, 9.17) is 0 Å². The van der Waals surface area contributed by atoms with E-state index >= 15 is 0 Å². The van der Waals surface area contributed by atoms with Gasteiger partial charge < -0.3 is 0 Å². The Labute approximate surface area is 202 Å². The average Bonchev–Trinajstić information content (AvgIpc) is 3.23. The van der Waals surface area contributed by atoms with Gasteiger partial charge in [0, 0.05) is 0 Å². The van der Waals surface area contributed by atoms with E-state index in [0.29, 0.717) is 0 Å². The summed E-state index contributed by atoms with van der Waals surface area (Å²) in [5, 5.41) is 0. The van der Waals surface area contributed by atoms with Crippen molar-refractivity contribution in [2.75, 3.05) is 0 Å². The summed E-state index contributed by atoms with van der Waals surface area (Å²) in [6, 6.07) is 0. The first-order valence-electron chi connectivity index (χ1n) is 14.8. The van der Waals surface area contributed by atoms with Crippen LogP contribution in [0.15, 0.2) is 12.4 Å². The Bertz CT molecular complexity index is 493. The van der Waals surface area contributed by atoms with E-state index in [1.165, 1.54) is 154 Å². The Balaban J connectivity index is 2.04. The summed E-state index contributed by atoms with van der Waals surface area (Å²) < 4.78 is 2.32. The Kier molecular flexibility index (Phi) is 20.1. The number of H-pyrrole nitrogens is 1. The first-order valence-corrected chi connectivity index (χ1v) is 14.8. The highest BCUT2D eigenvalue weighted by Crippen LogP contribution is 2.26. The Morgan fingerprint density at radius 3 is 1.22 bits per heavy atom. The smallest absolute Gasteiger partial charge is 0.247 e. The van der Waals surface area contributed by atoms with Gasteiger partial charge in [-0.3, -0.25) is 0 Å². The van der Waals surface area contributed by atoms with Crippen molar-refractivity contribution in [3.05, 3.63) is 18.2 Å². The van der Waals surface area contributed by atoms with Gasteiger partial charge in [0.05, 0.1) is 13.0 Å². The van der Waals surface area contributed by atoms with Crippen molar-refractivity contribution in [2.45, 2.75) is 167 Å². The van der Waals surface area contributed by atoms with Crippen LogP contribution in [0.1, 0.15) is 173 Å². The number of aryl methyl sites for hydroxylation is 1. The van der Waals surface area contributed by atoms with Crippen LogP contribution in [0.2, 0.25) is 0 Å². The van der Waals surface area contributed by atoms with E-state index in [2.05, 4.69) is 42.8 Å². The fourth-order valence-corrected chi connectivity index (χ4v) is 5.17. The Morgan fingerprint density at radius 2 is 0.906 bits per heavy atom. The molecule has 0 aromatic carbocycles. The van der Waals surface area contributed by atoms with Crippen molar-refractivity contribution >= 4 is 0 Å².